The van der Waals surface area contributed by atoms with Gasteiger partial charge in [0.25, 0.3) is 5.56 Å². The number of rotatable bonds is 0. The zero-order valence-electron chi connectivity index (χ0n) is 6.54. The summed E-state index contributed by atoms with van der Waals surface area (Å²) >= 11 is 3.32. The van der Waals surface area contributed by atoms with E-state index in [9.17, 15) is 9.90 Å². The number of aromatic hydroxyl groups is 1. The highest BCUT2D eigenvalue weighted by Crippen LogP contribution is 2.23. The first-order chi connectivity index (χ1) is 6.18. The summed E-state index contributed by atoms with van der Waals surface area (Å²) in [6, 6.07) is 6.89. The van der Waals surface area contributed by atoms with E-state index in [0.717, 1.165) is 9.86 Å². The van der Waals surface area contributed by atoms with Crippen LogP contribution in [0.1, 0.15) is 0 Å². The first-order valence-corrected chi connectivity index (χ1v) is 4.48. The van der Waals surface area contributed by atoms with Crippen LogP contribution in [-0.2, 0) is 0 Å². The number of aromatic nitrogens is 1. The van der Waals surface area contributed by atoms with Crippen LogP contribution in [0, 0.1) is 0 Å². The van der Waals surface area contributed by atoms with Crippen LogP contribution >= 0.6 is 15.9 Å². The second-order valence-corrected chi connectivity index (χ2v) is 3.54. The lowest BCUT2D eigenvalue weighted by atomic mass is 10.2. The lowest BCUT2D eigenvalue weighted by molar-refractivity contribution is 0.468. The Morgan fingerprint density at radius 1 is 1.38 bits per heavy atom. The van der Waals surface area contributed by atoms with Crippen molar-refractivity contribution in [3.8, 4) is 5.75 Å². The Morgan fingerprint density at radius 3 is 2.92 bits per heavy atom. The zero-order chi connectivity index (χ0) is 9.42. The highest BCUT2D eigenvalue weighted by Gasteiger charge is 2.02. The Kier molecular flexibility index (Phi) is 1.84. The summed E-state index contributed by atoms with van der Waals surface area (Å²) in [5.41, 5.74) is 0.239. The fourth-order valence-corrected chi connectivity index (χ4v) is 1.66. The van der Waals surface area contributed by atoms with Gasteiger partial charge in [-0.15, -0.1) is 0 Å². The molecule has 0 bridgehead atoms. The monoisotopic (exact) mass is 239 g/mol. The highest BCUT2D eigenvalue weighted by atomic mass is 79.9. The maximum absolute atomic E-state index is 11.0. The van der Waals surface area contributed by atoms with Crippen LogP contribution < -0.4 is 5.56 Å². The van der Waals surface area contributed by atoms with E-state index in [1.807, 2.05) is 12.1 Å². The molecule has 0 atom stereocenters. The molecule has 2 aromatic rings. The third-order valence-corrected chi connectivity index (χ3v) is 2.51. The molecule has 1 heterocycles. The van der Waals surface area contributed by atoms with Crippen molar-refractivity contribution in [2.24, 2.45) is 0 Å². The normalized spacial score (nSPS) is 10.5. The Labute approximate surface area is 82.2 Å². The van der Waals surface area contributed by atoms with E-state index in [0.29, 0.717) is 5.52 Å². The topological polar surface area (TPSA) is 53.1 Å². The van der Waals surface area contributed by atoms with Crippen molar-refractivity contribution >= 4 is 26.8 Å². The van der Waals surface area contributed by atoms with Gasteiger partial charge in [0.2, 0.25) is 0 Å². The maximum atomic E-state index is 11.0. The summed E-state index contributed by atoms with van der Waals surface area (Å²) in [6.45, 7) is 0. The van der Waals surface area contributed by atoms with Gasteiger partial charge in [-0.1, -0.05) is 22.0 Å². The van der Waals surface area contributed by atoms with E-state index in [4.69, 9.17) is 0 Å². The number of H-pyrrole nitrogens is 1. The molecule has 4 heteroatoms. The van der Waals surface area contributed by atoms with E-state index in [1.54, 1.807) is 6.07 Å². The SMILES string of the molecule is O=c1[nH]c2cccc(Br)c2cc1O. The van der Waals surface area contributed by atoms with Crippen LogP contribution in [0.2, 0.25) is 0 Å². The molecule has 0 saturated carbocycles. The average Bonchev–Trinajstić information content (AvgIpc) is 2.09. The van der Waals surface area contributed by atoms with Crippen molar-refractivity contribution in [3.05, 3.63) is 39.1 Å². The van der Waals surface area contributed by atoms with Crippen LogP contribution in [0.3, 0.4) is 0 Å². The Bertz CT molecular complexity index is 518. The van der Waals surface area contributed by atoms with Gasteiger partial charge in [-0.25, -0.2) is 0 Å². The molecule has 0 saturated heterocycles. The Balaban J connectivity index is 2.97. The molecule has 0 aliphatic rings. The predicted octanol–water partition coefficient (Wildman–Crippen LogP) is 2.00. The summed E-state index contributed by atoms with van der Waals surface area (Å²) in [7, 11) is 0. The number of nitrogens with one attached hydrogen (secondary N) is 1. The Morgan fingerprint density at radius 2 is 2.15 bits per heavy atom. The first kappa shape index (κ1) is 8.31. The number of hydrogen-bond donors (Lipinski definition) is 2. The molecule has 0 fully saturated rings. The van der Waals surface area contributed by atoms with Crippen molar-refractivity contribution in [3.63, 3.8) is 0 Å². The third-order valence-electron chi connectivity index (χ3n) is 1.81. The summed E-state index contributed by atoms with van der Waals surface area (Å²) in [5, 5.41) is 9.97. The smallest absolute Gasteiger partial charge is 0.290 e. The molecule has 0 aliphatic carbocycles. The molecular formula is C9H6BrNO2. The van der Waals surface area contributed by atoms with Gasteiger partial charge in [-0.05, 0) is 18.2 Å². The minimum Gasteiger partial charge on any atom is -0.503 e. The molecule has 1 aromatic carbocycles. The number of benzene rings is 1. The molecule has 2 N–H and O–H groups in total. The molecule has 2 rings (SSSR count). The zero-order valence-corrected chi connectivity index (χ0v) is 8.13. The van der Waals surface area contributed by atoms with E-state index < -0.39 is 5.56 Å². The van der Waals surface area contributed by atoms with Gasteiger partial charge in [0.05, 0.1) is 0 Å². The van der Waals surface area contributed by atoms with Gasteiger partial charge >= 0.3 is 0 Å². The molecule has 0 spiro atoms. The number of pyridine rings is 1. The minimum atomic E-state index is -0.467. The van der Waals surface area contributed by atoms with Crippen LogP contribution in [0.5, 0.6) is 5.75 Å². The summed E-state index contributed by atoms with van der Waals surface area (Å²) < 4.78 is 0.844. The maximum Gasteiger partial charge on any atom is 0.290 e. The first-order valence-electron chi connectivity index (χ1n) is 3.69. The van der Waals surface area contributed by atoms with Gasteiger partial charge in [-0.3, -0.25) is 4.79 Å². The van der Waals surface area contributed by atoms with Gasteiger partial charge in [0, 0.05) is 15.4 Å². The van der Waals surface area contributed by atoms with E-state index in [1.165, 1.54) is 6.07 Å². The van der Waals surface area contributed by atoms with Crippen molar-refractivity contribution in [1.82, 2.24) is 4.98 Å². The molecule has 0 aliphatic heterocycles. The van der Waals surface area contributed by atoms with Crippen molar-refractivity contribution < 1.29 is 5.11 Å². The third kappa shape index (κ3) is 1.33. The number of halogens is 1. The summed E-state index contributed by atoms with van der Waals surface area (Å²) in [5.74, 6) is -0.264. The molecule has 0 unspecified atom stereocenters. The van der Waals surface area contributed by atoms with Gasteiger partial charge in [0.1, 0.15) is 0 Å². The summed E-state index contributed by atoms with van der Waals surface area (Å²) in [6.07, 6.45) is 0. The number of fused-ring (bicyclic) bond motifs is 1. The lowest BCUT2D eigenvalue weighted by Gasteiger charge is -1.99. The van der Waals surface area contributed by atoms with E-state index in [2.05, 4.69) is 20.9 Å². The Hall–Kier alpha value is -1.29. The van der Waals surface area contributed by atoms with Crippen LogP contribution in [0.25, 0.3) is 10.9 Å². The molecule has 13 heavy (non-hydrogen) atoms. The average molecular weight is 240 g/mol. The van der Waals surface area contributed by atoms with Crippen LogP contribution in [-0.4, -0.2) is 10.1 Å². The molecule has 66 valence electrons. The van der Waals surface area contributed by atoms with E-state index >= 15 is 0 Å². The quantitative estimate of drug-likeness (QED) is 0.739. The molecule has 3 nitrogen and oxygen atoms in total. The van der Waals surface area contributed by atoms with Gasteiger partial charge in [-0.2, -0.15) is 0 Å². The summed E-state index contributed by atoms with van der Waals surface area (Å²) in [4.78, 5) is 13.6. The molecule has 0 amide bonds. The predicted molar refractivity (Wildman–Crippen MR) is 53.9 cm³/mol. The van der Waals surface area contributed by atoms with E-state index in [-0.39, 0.29) is 5.75 Å². The van der Waals surface area contributed by atoms with Gasteiger partial charge in [0.15, 0.2) is 5.75 Å². The fraction of sp³-hybridized carbons (Fsp3) is 0. The minimum absolute atomic E-state index is 0.264. The lowest BCUT2D eigenvalue weighted by Crippen LogP contribution is -2.04. The highest BCUT2D eigenvalue weighted by molar-refractivity contribution is 9.10. The van der Waals surface area contributed by atoms with Crippen molar-refractivity contribution in [2.45, 2.75) is 0 Å². The van der Waals surface area contributed by atoms with Crippen LogP contribution in [0.4, 0.5) is 0 Å². The molecule has 1 aromatic heterocycles. The van der Waals surface area contributed by atoms with Gasteiger partial charge < -0.3 is 10.1 Å². The molecular weight excluding hydrogens is 234 g/mol. The number of aromatic amines is 1. The van der Waals surface area contributed by atoms with Crippen molar-refractivity contribution in [1.29, 1.82) is 0 Å². The molecule has 0 radical (unpaired) electrons. The van der Waals surface area contributed by atoms with Crippen molar-refractivity contribution in [2.75, 3.05) is 0 Å². The second kappa shape index (κ2) is 2.88. The standard InChI is InChI=1S/C9H6BrNO2/c10-6-2-1-3-7-5(6)4-8(12)9(13)11-7/h1-4,12H,(H,11,13). The van der Waals surface area contributed by atoms with Crippen LogP contribution in [0.15, 0.2) is 33.5 Å². The largest absolute Gasteiger partial charge is 0.503 e. The fourth-order valence-electron chi connectivity index (χ4n) is 1.18. The number of hydrogen-bond acceptors (Lipinski definition) is 2. The second-order valence-electron chi connectivity index (χ2n) is 2.68.